The van der Waals surface area contributed by atoms with Crippen LogP contribution in [0.2, 0.25) is 0 Å². The van der Waals surface area contributed by atoms with Crippen molar-refractivity contribution in [2.24, 2.45) is 5.10 Å². The van der Waals surface area contributed by atoms with Crippen LogP contribution in [0.15, 0.2) is 41.8 Å². The number of amides is 1. The van der Waals surface area contributed by atoms with E-state index in [0.29, 0.717) is 0 Å². The van der Waals surface area contributed by atoms with Crippen LogP contribution in [0, 0.1) is 0 Å². The first kappa shape index (κ1) is 10.0. The number of nitrogens with zero attached hydrogens (tertiary/aromatic N) is 3. The molecule has 0 saturated carbocycles. The average molecular weight is 215 g/mol. The van der Waals surface area contributed by atoms with Gasteiger partial charge < -0.3 is 0 Å². The van der Waals surface area contributed by atoms with Gasteiger partial charge in [0, 0.05) is 0 Å². The van der Waals surface area contributed by atoms with Gasteiger partial charge in [-0.1, -0.05) is 30.3 Å². The highest BCUT2D eigenvalue weighted by Gasteiger charge is 2.05. The van der Waals surface area contributed by atoms with Gasteiger partial charge in [0.05, 0.1) is 6.21 Å². The van der Waals surface area contributed by atoms with Crippen molar-refractivity contribution in [2.75, 3.05) is 0 Å². The van der Waals surface area contributed by atoms with E-state index in [0.717, 1.165) is 5.56 Å². The largest absolute Gasteiger partial charge is 0.308 e. The van der Waals surface area contributed by atoms with Crippen molar-refractivity contribution < 1.29 is 4.79 Å². The Morgan fingerprint density at radius 3 is 2.88 bits per heavy atom. The molecule has 2 N–H and O–H groups in total. The Balaban J connectivity index is 1.93. The smallest absolute Gasteiger partial charge is 0.264 e. The Morgan fingerprint density at radius 2 is 2.19 bits per heavy atom. The number of hydrogen-bond donors (Lipinski definition) is 2. The van der Waals surface area contributed by atoms with Crippen LogP contribution in [-0.2, 0) is 0 Å². The quantitative estimate of drug-likeness (QED) is 0.580. The number of benzene rings is 1. The summed E-state index contributed by atoms with van der Waals surface area (Å²) >= 11 is 0. The normalized spacial score (nSPS) is 10.5. The second-order valence-corrected chi connectivity index (χ2v) is 2.94. The van der Waals surface area contributed by atoms with Crippen LogP contribution in [0.25, 0.3) is 0 Å². The standard InChI is InChI=1S/C10H9N5O/c16-10(9-11-7-13-14-9)15-12-6-8-4-2-1-3-5-8/h1-7H,(H,15,16)(H,11,13,14). The number of hydrogen-bond acceptors (Lipinski definition) is 4. The van der Waals surface area contributed by atoms with Crippen LogP contribution < -0.4 is 5.43 Å². The summed E-state index contributed by atoms with van der Waals surface area (Å²) in [5.74, 6) is -0.296. The molecular formula is C10H9N5O. The molecule has 0 aliphatic heterocycles. The maximum Gasteiger partial charge on any atom is 0.308 e. The molecule has 0 radical (unpaired) electrons. The van der Waals surface area contributed by atoms with Crippen molar-refractivity contribution >= 4 is 12.1 Å². The van der Waals surface area contributed by atoms with Crippen molar-refractivity contribution in [1.29, 1.82) is 0 Å². The van der Waals surface area contributed by atoms with Gasteiger partial charge in [-0.3, -0.25) is 9.89 Å². The molecule has 0 unspecified atom stereocenters. The summed E-state index contributed by atoms with van der Waals surface area (Å²) in [6, 6.07) is 9.44. The predicted octanol–water partition coefficient (Wildman–Crippen LogP) is 0.569. The Morgan fingerprint density at radius 1 is 1.38 bits per heavy atom. The number of aromatic nitrogens is 3. The molecule has 1 aromatic carbocycles. The number of rotatable bonds is 3. The third-order valence-corrected chi connectivity index (χ3v) is 1.81. The molecule has 0 atom stereocenters. The predicted molar refractivity (Wildman–Crippen MR) is 57.9 cm³/mol. The van der Waals surface area contributed by atoms with Crippen LogP contribution in [0.1, 0.15) is 16.2 Å². The zero-order valence-electron chi connectivity index (χ0n) is 8.29. The van der Waals surface area contributed by atoms with Gasteiger partial charge in [0.2, 0.25) is 5.82 Å². The molecule has 1 heterocycles. The maximum absolute atomic E-state index is 11.3. The lowest BCUT2D eigenvalue weighted by atomic mass is 10.2. The van der Waals surface area contributed by atoms with Gasteiger partial charge in [0.15, 0.2) is 0 Å². The molecule has 6 heteroatoms. The van der Waals surface area contributed by atoms with E-state index in [-0.39, 0.29) is 5.82 Å². The van der Waals surface area contributed by atoms with Gasteiger partial charge in [-0.25, -0.2) is 10.4 Å². The van der Waals surface area contributed by atoms with E-state index in [1.54, 1.807) is 6.21 Å². The highest BCUT2D eigenvalue weighted by molar-refractivity contribution is 5.91. The fraction of sp³-hybridized carbons (Fsp3) is 0. The summed E-state index contributed by atoms with van der Waals surface area (Å²) < 4.78 is 0. The van der Waals surface area contributed by atoms with E-state index in [4.69, 9.17) is 0 Å². The number of H-pyrrole nitrogens is 1. The summed E-state index contributed by atoms with van der Waals surface area (Å²) in [7, 11) is 0. The molecule has 6 nitrogen and oxygen atoms in total. The second kappa shape index (κ2) is 4.83. The molecule has 0 fully saturated rings. The van der Waals surface area contributed by atoms with Gasteiger partial charge in [-0.05, 0) is 5.56 Å². The number of carbonyl (C=O) groups excluding carboxylic acids is 1. The van der Waals surface area contributed by atoms with Gasteiger partial charge in [0.25, 0.3) is 0 Å². The Bertz CT molecular complexity index is 477. The summed E-state index contributed by atoms with van der Waals surface area (Å²) in [4.78, 5) is 15.0. The first-order valence-corrected chi connectivity index (χ1v) is 4.60. The number of carbonyl (C=O) groups is 1. The number of aromatic amines is 1. The van der Waals surface area contributed by atoms with Crippen LogP contribution >= 0.6 is 0 Å². The molecule has 1 amide bonds. The molecule has 80 valence electrons. The summed E-state index contributed by atoms with van der Waals surface area (Å²) in [5.41, 5.74) is 3.23. The lowest BCUT2D eigenvalue weighted by Gasteiger charge is -1.94. The lowest BCUT2D eigenvalue weighted by Crippen LogP contribution is -2.19. The zero-order valence-corrected chi connectivity index (χ0v) is 8.29. The average Bonchev–Trinajstić information content (AvgIpc) is 2.84. The topological polar surface area (TPSA) is 83.0 Å². The fourth-order valence-electron chi connectivity index (χ4n) is 1.07. The van der Waals surface area contributed by atoms with E-state index < -0.39 is 5.91 Å². The van der Waals surface area contributed by atoms with Crippen molar-refractivity contribution in [3.63, 3.8) is 0 Å². The zero-order chi connectivity index (χ0) is 11.2. The van der Waals surface area contributed by atoms with Gasteiger partial charge in [0.1, 0.15) is 6.33 Å². The Kier molecular flexibility index (Phi) is 3.03. The highest BCUT2D eigenvalue weighted by Crippen LogP contribution is 1.93. The number of hydrazone groups is 1. The molecular weight excluding hydrogens is 206 g/mol. The van der Waals surface area contributed by atoms with Crippen molar-refractivity contribution in [3.8, 4) is 0 Å². The first-order valence-electron chi connectivity index (χ1n) is 4.60. The molecule has 2 rings (SSSR count). The third-order valence-electron chi connectivity index (χ3n) is 1.81. The van der Waals surface area contributed by atoms with Crippen molar-refractivity contribution in [2.45, 2.75) is 0 Å². The molecule has 0 saturated heterocycles. The summed E-state index contributed by atoms with van der Waals surface area (Å²) in [6.45, 7) is 0. The van der Waals surface area contributed by atoms with Crippen molar-refractivity contribution in [1.82, 2.24) is 20.6 Å². The van der Waals surface area contributed by atoms with Crippen LogP contribution in [0.4, 0.5) is 0 Å². The third kappa shape index (κ3) is 2.50. The number of nitrogens with one attached hydrogen (secondary N) is 2. The molecule has 0 spiro atoms. The molecule has 16 heavy (non-hydrogen) atoms. The highest BCUT2D eigenvalue weighted by atomic mass is 16.2. The van der Waals surface area contributed by atoms with E-state index in [2.05, 4.69) is 25.7 Å². The minimum atomic E-state index is -0.426. The van der Waals surface area contributed by atoms with Crippen LogP contribution in [0.5, 0.6) is 0 Å². The minimum absolute atomic E-state index is 0.130. The first-order chi connectivity index (χ1) is 7.86. The maximum atomic E-state index is 11.3. The van der Waals surface area contributed by atoms with Gasteiger partial charge >= 0.3 is 5.91 Å². The molecule has 0 bridgehead atoms. The van der Waals surface area contributed by atoms with Gasteiger partial charge in [-0.2, -0.15) is 10.2 Å². The summed E-state index contributed by atoms with van der Waals surface area (Å²) in [5, 5.41) is 9.78. The summed E-state index contributed by atoms with van der Waals surface area (Å²) in [6.07, 6.45) is 2.81. The monoisotopic (exact) mass is 215 g/mol. The van der Waals surface area contributed by atoms with E-state index in [1.165, 1.54) is 6.33 Å². The fourth-order valence-corrected chi connectivity index (χ4v) is 1.07. The minimum Gasteiger partial charge on any atom is -0.264 e. The van der Waals surface area contributed by atoms with Crippen LogP contribution in [-0.4, -0.2) is 27.3 Å². The van der Waals surface area contributed by atoms with Gasteiger partial charge in [-0.15, -0.1) is 0 Å². The van der Waals surface area contributed by atoms with E-state index in [1.807, 2.05) is 30.3 Å². The molecule has 0 aliphatic rings. The Labute approximate surface area is 91.4 Å². The lowest BCUT2D eigenvalue weighted by molar-refractivity contribution is 0.0945. The van der Waals surface area contributed by atoms with Crippen molar-refractivity contribution in [3.05, 3.63) is 48.0 Å². The SMILES string of the molecule is O=C(NN=Cc1ccccc1)c1ncn[nH]1. The molecule has 2 aromatic rings. The molecule has 1 aromatic heterocycles. The van der Waals surface area contributed by atoms with E-state index >= 15 is 0 Å². The van der Waals surface area contributed by atoms with E-state index in [9.17, 15) is 4.79 Å². The molecule has 0 aliphatic carbocycles. The van der Waals surface area contributed by atoms with Crippen LogP contribution in [0.3, 0.4) is 0 Å². The Hall–Kier alpha value is -2.50. The second-order valence-electron chi connectivity index (χ2n) is 2.94.